The SMILES string of the molecule is CC[N-]CC.CC[N-]CC.N[N]=[W]. The molecule has 0 aromatic heterocycles. The summed E-state index contributed by atoms with van der Waals surface area (Å²) in [6.45, 7) is 12.1. The van der Waals surface area contributed by atoms with Crippen LogP contribution in [0.2, 0.25) is 0 Å². The number of hydrogen-bond donors (Lipinski definition) is 1. The van der Waals surface area contributed by atoms with Gasteiger partial charge in [0.1, 0.15) is 0 Å². The standard InChI is InChI=1S/2C4H10N.H2N2.W/c2*1-3-5-4-2;1-2;/h2*3-4H2,1-2H3;1H2;/q2*-1;;. The van der Waals surface area contributed by atoms with Gasteiger partial charge < -0.3 is 10.6 Å². The van der Waals surface area contributed by atoms with E-state index in [1.807, 2.05) is 27.7 Å². The van der Waals surface area contributed by atoms with E-state index in [-0.39, 0.29) is 0 Å². The Bertz CT molecular complexity index is 61.2. The number of nitrogens with zero attached hydrogens (tertiary/aromatic N) is 3. The van der Waals surface area contributed by atoms with E-state index in [4.69, 9.17) is 0 Å². The molecule has 0 radical (unpaired) electrons. The van der Waals surface area contributed by atoms with Gasteiger partial charge in [0.05, 0.1) is 0 Å². The predicted molar refractivity (Wildman–Crippen MR) is 55.5 cm³/mol. The molecule has 0 spiro atoms. The van der Waals surface area contributed by atoms with Crippen molar-refractivity contribution in [2.45, 2.75) is 27.7 Å². The fourth-order valence-corrected chi connectivity index (χ4v) is 0.447. The molecule has 0 amide bonds. The van der Waals surface area contributed by atoms with Crippen LogP contribution in [0.25, 0.3) is 10.6 Å². The van der Waals surface area contributed by atoms with Gasteiger partial charge in [-0.05, 0) is 0 Å². The summed E-state index contributed by atoms with van der Waals surface area (Å²) in [5, 5.41) is 7.94. The van der Waals surface area contributed by atoms with E-state index < -0.39 is 0 Å². The van der Waals surface area contributed by atoms with Crippen LogP contribution in [0.1, 0.15) is 27.7 Å². The van der Waals surface area contributed by atoms with Crippen LogP contribution in [0, 0.1) is 0 Å². The van der Waals surface area contributed by atoms with Crippen molar-refractivity contribution in [1.82, 2.24) is 0 Å². The Kier molecular flexibility index (Phi) is 43.1. The van der Waals surface area contributed by atoms with Crippen LogP contribution < -0.4 is 5.84 Å². The van der Waals surface area contributed by atoms with Gasteiger partial charge in [0.15, 0.2) is 0 Å². The third-order valence-electron chi connectivity index (χ3n) is 0.894. The molecule has 0 unspecified atom stereocenters. The first-order valence-corrected chi connectivity index (χ1v) is 5.85. The van der Waals surface area contributed by atoms with Crippen LogP contribution in [-0.2, 0) is 19.6 Å². The summed E-state index contributed by atoms with van der Waals surface area (Å²) in [7, 11) is 0. The van der Waals surface area contributed by atoms with Gasteiger partial charge >= 0.3 is 29.1 Å². The zero-order valence-corrected chi connectivity index (χ0v) is 12.1. The Morgan fingerprint density at radius 2 is 1.08 bits per heavy atom. The van der Waals surface area contributed by atoms with Crippen LogP contribution in [-0.4, -0.2) is 26.2 Å². The molecule has 0 saturated heterocycles. The van der Waals surface area contributed by atoms with Gasteiger partial charge in [-0.1, -0.05) is 27.7 Å². The molecule has 0 aliphatic heterocycles. The molecule has 0 heterocycles. The molecule has 0 atom stereocenters. The van der Waals surface area contributed by atoms with Gasteiger partial charge in [0, 0.05) is 0 Å². The van der Waals surface area contributed by atoms with Crippen molar-refractivity contribution in [1.29, 1.82) is 0 Å². The molecular formula is C8H22N4W-2. The van der Waals surface area contributed by atoms with Crippen LogP contribution in [0.5, 0.6) is 0 Å². The second-order valence-corrected chi connectivity index (χ2v) is 2.57. The Morgan fingerprint density at radius 1 is 0.923 bits per heavy atom. The molecule has 13 heavy (non-hydrogen) atoms. The predicted octanol–water partition coefficient (Wildman–Crippen LogP) is 2.39. The molecule has 2 N–H and O–H groups in total. The molecule has 0 aromatic carbocycles. The van der Waals surface area contributed by atoms with Crippen molar-refractivity contribution in [3.8, 4) is 0 Å². The topological polar surface area (TPSA) is 66.6 Å². The first kappa shape index (κ1) is 19.0. The van der Waals surface area contributed by atoms with Crippen molar-refractivity contribution in [2.75, 3.05) is 26.2 Å². The monoisotopic (exact) mass is 358 g/mol. The van der Waals surface area contributed by atoms with Crippen LogP contribution in [0.15, 0.2) is 3.60 Å². The summed E-state index contributed by atoms with van der Waals surface area (Å²) in [4.78, 5) is 0. The molecule has 0 bridgehead atoms. The van der Waals surface area contributed by atoms with Crippen molar-refractivity contribution in [3.05, 3.63) is 10.6 Å². The van der Waals surface area contributed by atoms with Gasteiger partial charge in [-0.15, -0.1) is 0 Å². The molecule has 0 aliphatic rings. The van der Waals surface area contributed by atoms with Crippen molar-refractivity contribution >= 4 is 0 Å². The average molecular weight is 358 g/mol. The normalized spacial score (nSPS) is 7.46. The maximum absolute atomic E-state index is 4.51. The Labute approximate surface area is 93.8 Å². The van der Waals surface area contributed by atoms with Crippen molar-refractivity contribution < 1.29 is 19.6 Å². The van der Waals surface area contributed by atoms with Crippen molar-refractivity contribution in [2.24, 2.45) is 9.45 Å². The third-order valence-corrected chi connectivity index (χ3v) is 0.894. The summed E-state index contributed by atoms with van der Waals surface area (Å²) in [6.07, 6.45) is 0. The maximum atomic E-state index is 4.51. The molecular weight excluding hydrogens is 336 g/mol. The van der Waals surface area contributed by atoms with Crippen LogP contribution >= 0.6 is 0 Å². The summed E-state index contributed by atoms with van der Waals surface area (Å²) >= 11 is 1.07. The zero-order chi connectivity index (χ0) is 10.9. The quantitative estimate of drug-likeness (QED) is 0.609. The first-order valence-electron chi connectivity index (χ1n) is 4.53. The Morgan fingerprint density at radius 3 is 1.08 bits per heavy atom. The fraction of sp³-hybridized carbons (Fsp3) is 1.00. The van der Waals surface area contributed by atoms with E-state index in [1.54, 1.807) is 0 Å². The van der Waals surface area contributed by atoms with E-state index in [0.717, 1.165) is 45.8 Å². The summed E-state index contributed by atoms with van der Waals surface area (Å²) in [5.74, 6) is 4.51. The summed E-state index contributed by atoms with van der Waals surface area (Å²) in [6, 6.07) is 0. The molecule has 82 valence electrons. The van der Waals surface area contributed by atoms with Gasteiger partial charge in [0.2, 0.25) is 0 Å². The van der Waals surface area contributed by atoms with E-state index in [0.29, 0.717) is 0 Å². The Hall–Kier alpha value is 0.368. The van der Waals surface area contributed by atoms with Gasteiger partial charge in [-0.2, -0.15) is 26.2 Å². The summed E-state index contributed by atoms with van der Waals surface area (Å²) in [5.41, 5.74) is 0. The van der Waals surface area contributed by atoms with E-state index in [2.05, 4.69) is 20.1 Å². The minimum atomic E-state index is 0.969. The number of rotatable bonds is 4. The summed E-state index contributed by atoms with van der Waals surface area (Å²) < 4.78 is 3.08. The van der Waals surface area contributed by atoms with Gasteiger partial charge in [-0.3, -0.25) is 0 Å². The van der Waals surface area contributed by atoms with Gasteiger partial charge in [0.25, 0.3) is 0 Å². The van der Waals surface area contributed by atoms with E-state index >= 15 is 0 Å². The zero-order valence-electron chi connectivity index (χ0n) is 9.16. The fourth-order valence-electron chi connectivity index (χ4n) is 0.447. The number of nitrogens with two attached hydrogens (primary N) is 1. The molecule has 0 aliphatic carbocycles. The molecule has 0 fully saturated rings. The van der Waals surface area contributed by atoms with Crippen molar-refractivity contribution in [3.63, 3.8) is 0 Å². The molecule has 0 aromatic rings. The molecule has 5 heteroatoms. The minimum absolute atomic E-state index is 0.969. The second-order valence-electron chi connectivity index (χ2n) is 1.82. The molecule has 0 rings (SSSR count). The van der Waals surface area contributed by atoms with E-state index in [9.17, 15) is 0 Å². The molecule has 4 nitrogen and oxygen atoms in total. The van der Waals surface area contributed by atoms with Crippen LogP contribution in [0.3, 0.4) is 0 Å². The van der Waals surface area contributed by atoms with Gasteiger partial charge in [-0.25, -0.2) is 0 Å². The Balaban J connectivity index is -0.000000120. The third kappa shape index (κ3) is 69.7. The number of hydrogen-bond acceptors (Lipinski definition) is 2. The van der Waals surface area contributed by atoms with E-state index in [1.165, 1.54) is 0 Å². The first-order chi connectivity index (χ1) is 6.24. The molecule has 0 saturated carbocycles. The van der Waals surface area contributed by atoms with Crippen LogP contribution in [0.4, 0.5) is 0 Å². The second kappa shape index (κ2) is 29.4. The average Bonchev–Trinajstić information content (AvgIpc) is 2.09.